The van der Waals surface area contributed by atoms with Gasteiger partial charge in [-0.05, 0) is 30.4 Å². The third kappa shape index (κ3) is 2.71. The van der Waals surface area contributed by atoms with Gasteiger partial charge in [0.05, 0.1) is 0 Å². The van der Waals surface area contributed by atoms with Crippen LogP contribution in [0.15, 0.2) is 30.0 Å². The minimum atomic E-state index is -0.646. The lowest BCUT2D eigenvalue weighted by Gasteiger charge is -2.55. The Bertz CT molecular complexity index is 737. The van der Waals surface area contributed by atoms with Crippen molar-refractivity contribution in [2.45, 2.75) is 70.6 Å². The average Bonchev–Trinajstić information content (AvgIpc) is 2.43. The number of hydrogen-bond donors (Lipinski definition) is 2. The molecular formula is C21H30N2O2. The number of ether oxygens (including phenoxy) is 2. The summed E-state index contributed by atoms with van der Waals surface area (Å²) in [7, 11) is 0. The number of fused-ring (bicyclic) bond motifs is 2. The first-order chi connectivity index (χ1) is 11.6. The fraction of sp³-hybridized carbons (Fsp3) is 0.619. The maximum absolute atomic E-state index is 6.58. The zero-order chi connectivity index (χ0) is 18.0. The van der Waals surface area contributed by atoms with Crippen molar-refractivity contribution in [1.82, 2.24) is 0 Å². The molecule has 4 heteroatoms. The molecule has 1 aromatic carbocycles. The zero-order valence-corrected chi connectivity index (χ0v) is 15.8. The number of anilines is 1. The molecule has 0 bridgehead atoms. The summed E-state index contributed by atoms with van der Waals surface area (Å²) in [6.45, 7) is 9.18. The van der Waals surface area contributed by atoms with Crippen LogP contribution in [0.2, 0.25) is 0 Å². The monoisotopic (exact) mass is 342 g/mol. The lowest BCUT2D eigenvalue weighted by Crippen LogP contribution is -2.56. The molecule has 1 aliphatic carbocycles. The zero-order valence-electron chi connectivity index (χ0n) is 15.8. The molecule has 1 aromatic rings. The largest absolute Gasteiger partial charge is 0.457 e. The molecule has 4 N–H and O–H groups in total. The van der Waals surface area contributed by atoms with Crippen molar-refractivity contribution in [1.29, 1.82) is 0 Å². The summed E-state index contributed by atoms with van der Waals surface area (Å²) in [6, 6.07) is 6.05. The maximum Gasteiger partial charge on any atom is 0.252 e. The van der Waals surface area contributed by atoms with Crippen molar-refractivity contribution >= 4 is 5.69 Å². The molecule has 1 spiro atoms. The van der Waals surface area contributed by atoms with Gasteiger partial charge in [0.2, 0.25) is 0 Å². The predicted molar refractivity (Wildman–Crippen MR) is 100 cm³/mol. The molecule has 0 radical (unpaired) electrons. The lowest BCUT2D eigenvalue weighted by molar-refractivity contribution is -0.236. The number of allylic oxidation sites excluding steroid dienone is 1. The van der Waals surface area contributed by atoms with Crippen molar-refractivity contribution in [3.05, 3.63) is 35.6 Å². The van der Waals surface area contributed by atoms with Crippen LogP contribution in [0.25, 0.3) is 0 Å². The summed E-state index contributed by atoms with van der Waals surface area (Å²) in [5.41, 5.74) is 14.2. The van der Waals surface area contributed by atoms with E-state index in [1.807, 2.05) is 12.1 Å². The first kappa shape index (κ1) is 16.8. The first-order valence-corrected chi connectivity index (χ1v) is 9.36. The molecular weight excluding hydrogens is 312 g/mol. The van der Waals surface area contributed by atoms with Crippen LogP contribution in [-0.2, 0) is 10.2 Å². The molecule has 2 aliphatic heterocycles. The van der Waals surface area contributed by atoms with Crippen LogP contribution >= 0.6 is 0 Å². The van der Waals surface area contributed by atoms with Crippen molar-refractivity contribution in [3.63, 3.8) is 0 Å². The molecule has 4 nitrogen and oxygen atoms in total. The van der Waals surface area contributed by atoms with Gasteiger partial charge in [-0.25, -0.2) is 0 Å². The molecule has 3 unspecified atom stereocenters. The number of nitrogens with two attached hydrogens (primary N) is 2. The Morgan fingerprint density at radius 2 is 1.80 bits per heavy atom. The second-order valence-electron chi connectivity index (χ2n) is 9.46. The van der Waals surface area contributed by atoms with E-state index in [1.165, 1.54) is 5.56 Å². The predicted octanol–water partition coefficient (Wildman–Crippen LogP) is 4.09. The maximum atomic E-state index is 6.58. The fourth-order valence-corrected chi connectivity index (χ4v) is 5.20. The smallest absolute Gasteiger partial charge is 0.252 e. The summed E-state index contributed by atoms with van der Waals surface area (Å²) in [4.78, 5) is 0. The minimum absolute atomic E-state index is 0.0401. The molecule has 25 heavy (non-hydrogen) atoms. The molecule has 4 rings (SSSR count). The summed E-state index contributed by atoms with van der Waals surface area (Å²) in [5, 5.41) is 0. The van der Waals surface area contributed by atoms with Crippen LogP contribution in [0.1, 0.15) is 58.9 Å². The third-order valence-corrected chi connectivity index (χ3v) is 6.22. The second kappa shape index (κ2) is 5.16. The van der Waals surface area contributed by atoms with Gasteiger partial charge in [-0.15, -0.1) is 0 Å². The highest BCUT2D eigenvalue weighted by Gasteiger charge is 2.56. The van der Waals surface area contributed by atoms with Gasteiger partial charge in [-0.3, -0.25) is 0 Å². The van der Waals surface area contributed by atoms with E-state index in [0.29, 0.717) is 5.92 Å². The molecule has 1 fully saturated rings. The molecule has 0 aromatic heterocycles. The Morgan fingerprint density at radius 3 is 2.56 bits per heavy atom. The molecule has 0 amide bonds. The Hall–Kier alpha value is -1.68. The van der Waals surface area contributed by atoms with E-state index in [0.717, 1.165) is 42.9 Å². The Kier molecular flexibility index (Phi) is 3.46. The van der Waals surface area contributed by atoms with Gasteiger partial charge in [0.1, 0.15) is 11.5 Å². The van der Waals surface area contributed by atoms with E-state index in [4.69, 9.17) is 20.9 Å². The van der Waals surface area contributed by atoms with Gasteiger partial charge < -0.3 is 20.9 Å². The van der Waals surface area contributed by atoms with E-state index < -0.39 is 5.79 Å². The fourth-order valence-electron chi connectivity index (χ4n) is 5.20. The SMILES string of the molecule is CC1(C)CC2(CC(C)(C)C3CCC(N)C=C3O2)Oc2cc(N)ccc21. The van der Waals surface area contributed by atoms with Crippen LogP contribution in [0.4, 0.5) is 5.69 Å². The van der Waals surface area contributed by atoms with Crippen LogP contribution in [-0.4, -0.2) is 11.8 Å². The van der Waals surface area contributed by atoms with Gasteiger partial charge in [0, 0.05) is 47.5 Å². The quantitative estimate of drug-likeness (QED) is 0.697. The lowest BCUT2D eigenvalue weighted by atomic mass is 9.64. The van der Waals surface area contributed by atoms with E-state index in [1.54, 1.807) is 0 Å². The van der Waals surface area contributed by atoms with Gasteiger partial charge in [-0.1, -0.05) is 33.8 Å². The topological polar surface area (TPSA) is 70.5 Å². The minimum Gasteiger partial charge on any atom is -0.457 e. The number of rotatable bonds is 0. The Balaban J connectivity index is 1.77. The van der Waals surface area contributed by atoms with Crippen molar-refractivity contribution in [2.24, 2.45) is 17.1 Å². The van der Waals surface area contributed by atoms with Crippen molar-refractivity contribution < 1.29 is 9.47 Å². The normalized spacial score (nSPS) is 35.0. The number of benzene rings is 1. The molecule has 1 saturated heterocycles. The highest BCUT2D eigenvalue weighted by Crippen LogP contribution is 2.57. The summed E-state index contributed by atoms with van der Waals surface area (Å²) in [6.07, 6.45) is 5.92. The van der Waals surface area contributed by atoms with E-state index in [-0.39, 0.29) is 16.9 Å². The van der Waals surface area contributed by atoms with Gasteiger partial charge in [0.15, 0.2) is 0 Å². The molecule has 2 heterocycles. The highest BCUT2D eigenvalue weighted by atomic mass is 16.7. The van der Waals surface area contributed by atoms with E-state index >= 15 is 0 Å². The summed E-state index contributed by atoms with van der Waals surface area (Å²) < 4.78 is 13.1. The Labute approximate surface area is 150 Å². The van der Waals surface area contributed by atoms with Crippen LogP contribution in [0.3, 0.4) is 0 Å². The summed E-state index contributed by atoms with van der Waals surface area (Å²) >= 11 is 0. The van der Waals surface area contributed by atoms with Crippen molar-refractivity contribution in [3.8, 4) is 5.75 Å². The van der Waals surface area contributed by atoms with E-state index in [2.05, 4.69) is 39.8 Å². The highest BCUT2D eigenvalue weighted by molar-refractivity contribution is 5.52. The summed E-state index contributed by atoms with van der Waals surface area (Å²) in [5.74, 6) is 1.66. The van der Waals surface area contributed by atoms with Crippen LogP contribution < -0.4 is 16.2 Å². The van der Waals surface area contributed by atoms with Gasteiger partial charge in [0.25, 0.3) is 5.79 Å². The number of nitrogen functional groups attached to an aromatic ring is 1. The standard InChI is InChI=1S/C21H30N2O2/c1-19(2)11-21(24-17-9-13(22)5-7-15(17)19)12-20(3,4)16-8-6-14(23)10-18(16)25-21/h5,7,9-10,14,16H,6,8,11-12,22-23H2,1-4H3. The van der Waals surface area contributed by atoms with Crippen molar-refractivity contribution in [2.75, 3.05) is 5.73 Å². The second-order valence-corrected chi connectivity index (χ2v) is 9.46. The Morgan fingerprint density at radius 1 is 1.04 bits per heavy atom. The van der Waals surface area contributed by atoms with Gasteiger partial charge >= 0.3 is 0 Å². The van der Waals surface area contributed by atoms with Crippen LogP contribution in [0, 0.1) is 11.3 Å². The van der Waals surface area contributed by atoms with Crippen LogP contribution in [0.5, 0.6) is 5.75 Å². The van der Waals surface area contributed by atoms with E-state index in [9.17, 15) is 0 Å². The third-order valence-electron chi connectivity index (χ3n) is 6.22. The molecule has 0 saturated carbocycles. The number of hydrogen-bond acceptors (Lipinski definition) is 4. The first-order valence-electron chi connectivity index (χ1n) is 9.36. The molecule has 136 valence electrons. The molecule has 3 aliphatic rings. The average molecular weight is 342 g/mol. The van der Waals surface area contributed by atoms with Gasteiger partial charge in [-0.2, -0.15) is 0 Å². The molecule has 3 atom stereocenters.